The van der Waals surface area contributed by atoms with Gasteiger partial charge in [0, 0.05) is 91.0 Å². The molecule has 1 N–H and O–H groups in total. The number of aromatic nitrogens is 6. The second-order valence-corrected chi connectivity index (χ2v) is 21.0. The van der Waals surface area contributed by atoms with Crippen molar-refractivity contribution in [2.45, 2.75) is 66.2 Å². The van der Waals surface area contributed by atoms with Gasteiger partial charge in [0.25, 0.3) is 0 Å². The first-order chi connectivity index (χ1) is 35.0. The quantitative estimate of drug-likeness (QED) is 0.177. The average Bonchev–Trinajstić information content (AvgIpc) is 3.84. The Morgan fingerprint density at radius 1 is 0.589 bits per heavy atom. The number of hydrogen-bond acceptors (Lipinski definition) is 12. The number of anilines is 5. The molecule has 376 valence electrons. The fourth-order valence-electron chi connectivity index (χ4n) is 10.2. The van der Waals surface area contributed by atoms with E-state index < -0.39 is 0 Å². The van der Waals surface area contributed by atoms with Gasteiger partial charge in [-0.2, -0.15) is 0 Å². The van der Waals surface area contributed by atoms with E-state index in [9.17, 15) is 8.78 Å². The molecule has 12 rings (SSSR count). The molecule has 2 saturated heterocycles. The van der Waals surface area contributed by atoms with Gasteiger partial charge in [-0.3, -0.25) is 19.9 Å². The Balaban J connectivity index is 0.000000139. The molecular weight excluding hydrogens is 942 g/mol. The minimum absolute atomic E-state index is 0.150. The van der Waals surface area contributed by atoms with Crippen molar-refractivity contribution in [3.05, 3.63) is 148 Å². The minimum Gasteiger partial charge on any atom is -0.383 e. The smallest absolute Gasteiger partial charge is 0.125 e. The SMILES string of the molecule is CC1(C)CNc2cc(N3CCOCC3)cnc21.Cc1ccnc(-c2nc3cc(F)ccc3c(Cl)c2C)c1.Cc1ccnc(-c2nc3cc(F)ccc3c(N3CC(C)(C)c4ncc(N5CCOCC5)cc43)c2C)c1. The van der Waals surface area contributed by atoms with E-state index in [1.807, 2.05) is 63.5 Å². The topological polar surface area (TPSA) is 118 Å². The molecule has 6 aromatic heterocycles. The lowest BCUT2D eigenvalue weighted by Gasteiger charge is -2.30. The van der Waals surface area contributed by atoms with E-state index in [0.717, 1.165) is 139 Å². The summed E-state index contributed by atoms with van der Waals surface area (Å²) in [6.45, 7) is 25.4. The molecule has 0 amide bonds. The van der Waals surface area contributed by atoms with Crippen LogP contribution in [-0.2, 0) is 20.3 Å². The predicted molar refractivity (Wildman–Crippen MR) is 290 cm³/mol. The molecule has 0 radical (unpaired) electrons. The number of aryl methyl sites for hydroxylation is 2. The van der Waals surface area contributed by atoms with E-state index in [2.05, 4.69) is 86.7 Å². The van der Waals surface area contributed by atoms with E-state index in [1.54, 1.807) is 18.5 Å². The highest BCUT2D eigenvalue weighted by atomic mass is 35.5. The number of nitrogens with one attached hydrogen (secondary N) is 1. The Morgan fingerprint density at radius 3 is 1.68 bits per heavy atom. The van der Waals surface area contributed by atoms with Crippen molar-refractivity contribution in [1.29, 1.82) is 0 Å². The molecule has 0 bridgehead atoms. The largest absolute Gasteiger partial charge is 0.383 e. The third-order valence-corrected chi connectivity index (χ3v) is 14.7. The molecule has 0 saturated carbocycles. The van der Waals surface area contributed by atoms with Crippen LogP contribution in [0.15, 0.2) is 97.6 Å². The zero-order chi connectivity index (χ0) is 51.2. The zero-order valence-electron chi connectivity index (χ0n) is 42.8. The van der Waals surface area contributed by atoms with Crippen LogP contribution in [0.4, 0.5) is 37.2 Å². The second-order valence-electron chi connectivity index (χ2n) is 20.7. The van der Waals surface area contributed by atoms with E-state index >= 15 is 0 Å². The van der Waals surface area contributed by atoms with Gasteiger partial charge in [-0.1, -0.05) is 39.3 Å². The molecule has 10 heterocycles. The Morgan fingerprint density at radius 2 is 1.11 bits per heavy atom. The van der Waals surface area contributed by atoms with E-state index in [0.29, 0.717) is 21.7 Å². The monoisotopic (exact) mass is 1000 g/mol. The van der Waals surface area contributed by atoms with E-state index in [1.165, 1.54) is 41.3 Å². The highest BCUT2D eigenvalue weighted by molar-refractivity contribution is 6.36. The molecule has 0 spiro atoms. The van der Waals surface area contributed by atoms with Crippen LogP contribution in [-0.4, -0.2) is 95.6 Å². The lowest BCUT2D eigenvalue weighted by Crippen LogP contribution is -2.36. The van der Waals surface area contributed by atoms with Crippen LogP contribution in [0.25, 0.3) is 44.6 Å². The summed E-state index contributed by atoms with van der Waals surface area (Å²) in [6, 6.07) is 21.6. The molecule has 8 aromatic rings. The lowest BCUT2D eigenvalue weighted by molar-refractivity contribution is 0.122. The molecule has 0 aliphatic carbocycles. The van der Waals surface area contributed by atoms with Gasteiger partial charge in [0.05, 0.1) is 117 Å². The van der Waals surface area contributed by atoms with Crippen molar-refractivity contribution < 1.29 is 18.3 Å². The van der Waals surface area contributed by atoms with Crippen LogP contribution in [0.5, 0.6) is 0 Å². The van der Waals surface area contributed by atoms with Crippen LogP contribution in [0.1, 0.15) is 61.3 Å². The van der Waals surface area contributed by atoms with Crippen LogP contribution < -0.4 is 20.0 Å². The molecule has 2 fully saturated rings. The molecular formula is C58H61ClF2N10O2. The summed E-state index contributed by atoms with van der Waals surface area (Å²) in [5.74, 6) is -0.626. The van der Waals surface area contributed by atoms with Crippen molar-refractivity contribution >= 4 is 61.8 Å². The number of morpholine rings is 2. The minimum atomic E-state index is -0.326. The fraction of sp³-hybridized carbons (Fsp3) is 0.345. The Kier molecular flexibility index (Phi) is 13.8. The number of nitrogens with zero attached hydrogens (tertiary/aromatic N) is 9. The summed E-state index contributed by atoms with van der Waals surface area (Å²) >= 11 is 6.38. The molecule has 4 aliphatic heterocycles. The molecule has 12 nitrogen and oxygen atoms in total. The highest BCUT2D eigenvalue weighted by Crippen LogP contribution is 2.48. The first kappa shape index (κ1) is 49.7. The normalized spacial score (nSPS) is 16.6. The summed E-state index contributed by atoms with van der Waals surface area (Å²) in [5, 5.41) is 5.71. The summed E-state index contributed by atoms with van der Waals surface area (Å²) in [4.78, 5) is 35.0. The van der Waals surface area contributed by atoms with Crippen LogP contribution >= 0.6 is 11.6 Å². The third kappa shape index (κ3) is 10.1. The molecule has 0 atom stereocenters. The summed E-state index contributed by atoms with van der Waals surface area (Å²) < 4.78 is 38.7. The van der Waals surface area contributed by atoms with Gasteiger partial charge in [0.15, 0.2) is 0 Å². The standard InChI is InChI=1S/C29H30FN5O.C16H12ClFN2.C13H19N3O/c1-18-7-8-31-24(13-18)26-19(2)27(22-6-5-20(30)14-23(22)33-26)35-17-29(3,4)28-25(35)15-21(16-32-28)34-9-11-36-12-10-34;1-9-5-6-19-14(7-9)16-10(2)15(17)12-4-3-11(18)8-13(12)20-16;1-13(2)9-15-11-7-10(8-14-12(11)13)16-3-5-17-6-4-16/h5-8,13-16H,9-12,17H2,1-4H3;3-8H,1-2H3;7-8,15H,3-6,9H2,1-2H3. The molecule has 2 aromatic carbocycles. The first-order valence-corrected chi connectivity index (χ1v) is 25.3. The Bertz CT molecular complexity index is 3380. The molecule has 4 aliphatic rings. The summed E-state index contributed by atoms with van der Waals surface area (Å²) in [5.41, 5.74) is 16.1. The summed E-state index contributed by atoms with van der Waals surface area (Å²) in [6.07, 6.45) is 7.52. The fourth-order valence-corrected chi connectivity index (χ4v) is 10.5. The lowest BCUT2D eigenvalue weighted by atomic mass is 9.91. The number of rotatable bonds is 5. The second kappa shape index (κ2) is 20.2. The molecule has 0 unspecified atom stereocenters. The zero-order valence-corrected chi connectivity index (χ0v) is 43.5. The highest BCUT2D eigenvalue weighted by Gasteiger charge is 2.40. The van der Waals surface area contributed by atoms with Crippen LogP contribution in [0.3, 0.4) is 0 Å². The molecule has 15 heteroatoms. The van der Waals surface area contributed by atoms with Crippen molar-refractivity contribution in [1.82, 2.24) is 29.9 Å². The van der Waals surface area contributed by atoms with Crippen molar-refractivity contribution in [3.63, 3.8) is 0 Å². The van der Waals surface area contributed by atoms with Crippen LogP contribution in [0.2, 0.25) is 5.02 Å². The van der Waals surface area contributed by atoms with Gasteiger partial charge in [-0.05, 0) is 105 Å². The third-order valence-electron chi connectivity index (χ3n) is 14.2. The maximum Gasteiger partial charge on any atom is 0.125 e. The number of fused-ring (bicyclic) bond motifs is 4. The van der Waals surface area contributed by atoms with Crippen LogP contribution in [0, 0.1) is 39.3 Å². The number of hydrogen-bond donors (Lipinski definition) is 1. The van der Waals surface area contributed by atoms with Gasteiger partial charge in [0.2, 0.25) is 0 Å². The van der Waals surface area contributed by atoms with Gasteiger partial charge in [0.1, 0.15) is 11.6 Å². The summed E-state index contributed by atoms with van der Waals surface area (Å²) in [7, 11) is 0. The van der Waals surface area contributed by atoms with Crippen molar-refractivity contribution in [2.24, 2.45) is 0 Å². The average molecular weight is 1000 g/mol. The number of ether oxygens (including phenoxy) is 2. The predicted octanol–water partition coefficient (Wildman–Crippen LogP) is 12.0. The van der Waals surface area contributed by atoms with E-state index in [4.69, 9.17) is 31.0 Å². The molecule has 73 heavy (non-hydrogen) atoms. The Hall–Kier alpha value is -6.87. The number of benzene rings is 2. The van der Waals surface area contributed by atoms with Gasteiger partial charge in [-0.25, -0.2) is 18.7 Å². The number of halogens is 3. The van der Waals surface area contributed by atoms with Crippen molar-refractivity contribution in [2.75, 3.05) is 85.7 Å². The van der Waals surface area contributed by atoms with Crippen molar-refractivity contribution in [3.8, 4) is 22.8 Å². The van der Waals surface area contributed by atoms with Gasteiger partial charge < -0.3 is 29.5 Å². The van der Waals surface area contributed by atoms with E-state index in [-0.39, 0.29) is 22.5 Å². The maximum atomic E-state index is 14.4. The van der Waals surface area contributed by atoms with Gasteiger partial charge in [-0.15, -0.1) is 0 Å². The maximum absolute atomic E-state index is 14.4. The number of pyridine rings is 6. The Labute approximate surface area is 430 Å². The first-order valence-electron chi connectivity index (χ1n) is 24.9. The van der Waals surface area contributed by atoms with Gasteiger partial charge >= 0.3 is 0 Å².